The second kappa shape index (κ2) is 11.4. The van der Waals surface area contributed by atoms with Crippen LogP contribution in [0.25, 0.3) is 0 Å². The van der Waals surface area contributed by atoms with E-state index in [1.807, 2.05) is 0 Å². The monoisotopic (exact) mass is 484 g/mol. The maximum Gasteiger partial charge on any atom is 0.328 e. The third kappa shape index (κ3) is 6.51. The SMILES string of the molecule is CC(C)c1ccc2c(c1)CCC1[C@@](C)(/C=N/O[C@H]3CCNC3)CCC[C@]21C.O=C(O)/C=C/C(=O)O. The highest BCUT2D eigenvalue weighted by Gasteiger charge is 2.51. The van der Waals surface area contributed by atoms with Gasteiger partial charge in [0.15, 0.2) is 0 Å². The smallest absolute Gasteiger partial charge is 0.328 e. The number of benzene rings is 1. The first kappa shape index (κ1) is 26.9. The van der Waals surface area contributed by atoms with Crippen LogP contribution in [0.15, 0.2) is 35.5 Å². The molecule has 0 amide bonds. The molecule has 1 aromatic rings. The molecule has 2 aliphatic carbocycles. The van der Waals surface area contributed by atoms with Gasteiger partial charge < -0.3 is 20.4 Å². The van der Waals surface area contributed by atoms with E-state index >= 15 is 0 Å². The molecule has 0 spiro atoms. The van der Waals surface area contributed by atoms with Crippen molar-refractivity contribution in [2.45, 2.75) is 83.7 Å². The highest BCUT2D eigenvalue weighted by molar-refractivity contribution is 5.89. The number of nitrogens with one attached hydrogen (secondary N) is 1. The fourth-order valence-corrected chi connectivity index (χ4v) is 6.17. The van der Waals surface area contributed by atoms with E-state index in [-0.39, 0.29) is 16.9 Å². The van der Waals surface area contributed by atoms with Gasteiger partial charge in [-0.2, -0.15) is 0 Å². The van der Waals surface area contributed by atoms with Crippen molar-refractivity contribution in [3.8, 4) is 0 Å². The second-order valence-corrected chi connectivity index (χ2v) is 10.9. The van der Waals surface area contributed by atoms with Crippen molar-refractivity contribution in [1.82, 2.24) is 5.32 Å². The maximum atomic E-state index is 9.55. The van der Waals surface area contributed by atoms with E-state index in [0.29, 0.717) is 24.0 Å². The van der Waals surface area contributed by atoms with Crippen molar-refractivity contribution in [1.29, 1.82) is 0 Å². The normalized spacial score (nSPS) is 30.0. The third-order valence-electron chi connectivity index (χ3n) is 8.03. The Morgan fingerprint density at radius 1 is 1.14 bits per heavy atom. The second-order valence-electron chi connectivity index (χ2n) is 10.9. The predicted molar refractivity (Wildman–Crippen MR) is 137 cm³/mol. The average molecular weight is 485 g/mol. The number of aryl methyl sites for hydroxylation is 1. The molecule has 1 unspecified atom stereocenters. The Morgan fingerprint density at radius 2 is 1.86 bits per heavy atom. The highest BCUT2D eigenvalue weighted by atomic mass is 16.6. The van der Waals surface area contributed by atoms with Gasteiger partial charge in [-0.15, -0.1) is 0 Å². The Bertz CT molecular complexity index is 950. The lowest BCUT2D eigenvalue weighted by Gasteiger charge is -2.54. The summed E-state index contributed by atoms with van der Waals surface area (Å²) in [5.74, 6) is -1.27. The molecule has 0 bridgehead atoms. The molecule has 3 N–H and O–H groups in total. The van der Waals surface area contributed by atoms with Gasteiger partial charge in [0.25, 0.3) is 0 Å². The summed E-state index contributed by atoms with van der Waals surface area (Å²) in [4.78, 5) is 24.9. The number of hydrogen-bond acceptors (Lipinski definition) is 5. The van der Waals surface area contributed by atoms with Gasteiger partial charge in [0.05, 0.1) is 0 Å². The van der Waals surface area contributed by atoms with Gasteiger partial charge in [0, 0.05) is 36.7 Å². The topological polar surface area (TPSA) is 108 Å². The first-order valence-electron chi connectivity index (χ1n) is 12.7. The number of fused-ring (bicyclic) bond motifs is 3. The van der Waals surface area contributed by atoms with Gasteiger partial charge in [-0.3, -0.25) is 0 Å². The fourth-order valence-electron chi connectivity index (χ4n) is 6.17. The quantitative estimate of drug-likeness (QED) is 0.301. The minimum atomic E-state index is -1.26. The van der Waals surface area contributed by atoms with Gasteiger partial charge in [-0.25, -0.2) is 9.59 Å². The van der Waals surface area contributed by atoms with Gasteiger partial charge in [-0.1, -0.05) is 57.5 Å². The molecule has 2 fully saturated rings. The van der Waals surface area contributed by atoms with Crippen LogP contribution in [0.4, 0.5) is 0 Å². The molecule has 35 heavy (non-hydrogen) atoms. The van der Waals surface area contributed by atoms with E-state index in [1.54, 1.807) is 11.1 Å². The van der Waals surface area contributed by atoms with E-state index < -0.39 is 11.9 Å². The van der Waals surface area contributed by atoms with E-state index in [0.717, 1.165) is 19.5 Å². The predicted octanol–water partition coefficient (Wildman–Crippen LogP) is 4.90. The Hall–Kier alpha value is -2.67. The van der Waals surface area contributed by atoms with Gasteiger partial charge >= 0.3 is 11.9 Å². The molecule has 1 saturated heterocycles. The van der Waals surface area contributed by atoms with Crippen LogP contribution in [0.1, 0.15) is 82.4 Å². The molecule has 1 saturated carbocycles. The van der Waals surface area contributed by atoms with Crippen LogP contribution in [0.3, 0.4) is 0 Å². The van der Waals surface area contributed by atoms with E-state index in [9.17, 15) is 9.59 Å². The van der Waals surface area contributed by atoms with E-state index in [1.165, 1.54) is 37.7 Å². The van der Waals surface area contributed by atoms with Gasteiger partial charge in [0.2, 0.25) is 0 Å². The van der Waals surface area contributed by atoms with E-state index in [2.05, 4.69) is 62.6 Å². The van der Waals surface area contributed by atoms with Crippen LogP contribution < -0.4 is 5.32 Å². The zero-order valence-corrected chi connectivity index (χ0v) is 21.4. The zero-order valence-electron chi connectivity index (χ0n) is 21.4. The molecule has 192 valence electrons. The van der Waals surface area contributed by atoms with Gasteiger partial charge in [-0.05, 0) is 66.2 Å². The highest BCUT2D eigenvalue weighted by Crippen LogP contribution is 2.56. The molecule has 1 aromatic carbocycles. The summed E-state index contributed by atoms with van der Waals surface area (Å²) < 4.78 is 0. The van der Waals surface area contributed by atoms with Crippen LogP contribution in [0, 0.1) is 11.3 Å². The summed E-state index contributed by atoms with van der Waals surface area (Å²) in [6.07, 6.45) is 10.9. The van der Waals surface area contributed by atoms with Crippen molar-refractivity contribution >= 4 is 18.2 Å². The van der Waals surface area contributed by atoms with Crippen molar-refractivity contribution in [2.24, 2.45) is 16.5 Å². The molecule has 1 aliphatic heterocycles. The third-order valence-corrected chi connectivity index (χ3v) is 8.03. The van der Waals surface area contributed by atoms with Crippen molar-refractivity contribution in [3.63, 3.8) is 0 Å². The largest absolute Gasteiger partial charge is 0.478 e. The van der Waals surface area contributed by atoms with Gasteiger partial charge in [0.1, 0.15) is 6.10 Å². The number of carboxylic acids is 2. The molecule has 7 heteroatoms. The molecule has 0 aromatic heterocycles. The fraction of sp³-hybridized carbons (Fsp3) is 0.607. The van der Waals surface area contributed by atoms with Crippen LogP contribution in [0.2, 0.25) is 0 Å². The minimum Gasteiger partial charge on any atom is -0.478 e. The first-order chi connectivity index (χ1) is 16.5. The Kier molecular flexibility index (Phi) is 8.75. The van der Waals surface area contributed by atoms with E-state index in [4.69, 9.17) is 15.1 Å². The number of carboxylic acid groups (broad SMARTS) is 2. The molecule has 4 rings (SSSR count). The summed E-state index contributed by atoms with van der Waals surface area (Å²) in [7, 11) is 0. The Labute approximate surface area is 208 Å². The molecule has 4 atom stereocenters. The number of oxime groups is 1. The molecule has 0 radical (unpaired) electrons. The Morgan fingerprint density at radius 3 is 2.46 bits per heavy atom. The van der Waals surface area contributed by atoms with Crippen molar-refractivity contribution in [3.05, 3.63) is 47.0 Å². The van der Waals surface area contributed by atoms with Crippen LogP contribution in [-0.2, 0) is 26.3 Å². The Balaban J connectivity index is 0.000000371. The minimum absolute atomic E-state index is 0.132. The summed E-state index contributed by atoms with van der Waals surface area (Å²) in [6, 6.07) is 7.30. The molecule has 1 heterocycles. The molecule has 3 aliphatic rings. The zero-order chi connectivity index (χ0) is 25.6. The number of aliphatic carboxylic acids is 2. The lowest BCUT2D eigenvalue weighted by Crippen LogP contribution is -2.49. The summed E-state index contributed by atoms with van der Waals surface area (Å²) in [5.41, 5.74) is 5.07. The summed E-state index contributed by atoms with van der Waals surface area (Å²) >= 11 is 0. The summed E-state index contributed by atoms with van der Waals surface area (Å²) in [5, 5.41) is 23.5. The molecular weight excluding hydrogens is 444 g/mol. The molecule has 7 nitrogen and oxygen atoms in total. The lowest BCUT2D eigenvalue weighted by atomic mass is 9.50. The first-order valence-corrected chi connectivity index (χ1v) is 12.7. The number of rotatable bonds is 6. The van der Waals surface area contributed by atoms with Crippen LogP contribution in [-0.4, -0.2) is 47.6 Å². The van der Waals surface area contributed by atoms with Crippen LogP contribution in [0.5, 0.6) is 0 Å². The average Bonchev–Trinajstić information content (AvgIpc) is 3.31. The van der Waals surface area contributed by atoms with Crippen molar-refractivity contribution < 1.29 is 24.6 Å². The lowest BCUT2D eigenvalue weighted by molar-refractivity contribution is -0.134. The summed E-state index contributed by atoms with van der Waals surface area (Å²) in [6.45, 7) is 11.5. The maximum absolute atomic E-state index is 9.55. The number of carbonyl (C=O) groups is 2. The number of nitrogens with zero attached hydrogens (tertiary/aromatic N) is 1. The molecular formula is C28H40N2O5. The van der Waals surface area contributed by atoms with Crippen LogP contribution >= 0.6 is 0 Å². The van der Waals surface area contributed by atoms with Crippen molar-refractivity contribution in [2.75, 3.05) is 13.1 Å². The standard InChI is InChI=1S/C24H36N2O.C4H4O4/c1-17(2)18-6-8-21-19(14-18)7-9-22-23(3,11-5-12-24(21,22)4)16-26-27-20-10-13-25-15-20;5-3(6)1-2-4(7)8/h6,8,14,16-17,20,22,25H,5,7,9-13,15H2,1-4H3;1-2H,(H,5,6)(H,7,8)/b26-16+;2-1+/t20-,22?,23+,24+;/m0./s1. The number of hydrogen-bond donors (Lipinski definition) is 3.